The van der Waals surface area contributed by atoms with Gasteiger partial charge < -0.3 is 10.2 Å². The molecule has 0 atom stereocenters. The van der Waals surface area contributed by atoms with Crippen molar-refractivity contribution in [3.05, 3.63) is 34.3 Å². The van der Waals surface area contributed by atoms with Gasteiger partial charge in [0.25, 0.3) is 0 Å². The van der Waals surface area contributed by atoms with Gasteiger partial charge in [0.15, 0.2) is 0 Å². The molecule has 1 heterocycles. The van der Waals surface area contributed by atoms with Crippen LogP contribution < -0.4 is 5.32 Å². The second-order valence-electron chi connectivity index (χ2n) is 4.72. The van der Waals surface area contributed by atoms with Crippen molar-refractivity contribution in [1.29, 1.82) is 0 Å². The van der Waals surface area contributed by atoms with Crippen LogP contribution in [0.5, 0.6) is 0 Å². The maximum absolute atomic E-state index is 3.66. The Morgan fingerprint density at radius 1 is 1.35 bits per heavy atom. The van der Waals surface area contributed by atoms with E-state index < -0.39 is 0 Å². The highest BCUT2D eigenvalue weighted by atomic mass is 79.9. The Balaban J connectivity index is 1.76. The van der Waals surface area contributed by atoms with Crippen LogP contribution in [-0.2, 0) is 6.54 Å². The second kappa shape index (κ2) is 6.53. The molecule has 1 aromatic rings. The van der Waals surface area contributed by atoms with Crippen LogP contribution in [0.25, 0.3) is 0 Å². The molecule has 0 radical (unpaired) electrons. The van der Waals surface area contributed by atoms with Gasteiger partial charge >= 0.3 is 0 Å². The van der Waals surface area contributed by atoms with Crippen LogP contribution in [0.2, 0.25) is 0 Å². The number of piperidine rings is 1. The van der Waals surface area contributed by atoms with Crippen molar-refractivity contribution in [1.82, 2.24) is 10.2 Å². The molecule has 1 aromatic carbocycles. The largest absolute Gasteiger partial charge is 0.310 e. The van der Waals surface area contributed by atoms with E-state index in [-0.39, 0.29) is 0 Å². The molecule has 0 amide bonds. The summed E-state index contributed by atoms with van der Waals surface area (Å²) in [6.07, 6.45) is 2.56. The second-order valence-corrected chi connectivity index (χ2v) is 5.64. The van der Waals surface area contributed by atoms with Crippen molar-refractivity contribution in [2.45, 2.75) is 32.4 Å². The number of likely N-dealkylation sites (tertiary alicyclic amines) is 1. The molecule has 2 rings (SSSR count). The molecule has 3 heteroatoms. The lowest BCUT2D eigenvalue weighted by atomic mass is 10.0. The maximum atomic E-state index is 3.66. The zero-order chi connectivity index (χ0) is 12.1. The number of hydrogen-bond acceptors (Lipinski definition) is 2. The molecular weight excluding hydrogens is 276 g/mol. The number of rotatable bonds is 4. The molecule has 17 heavy (non-hydrogen) atoms. The summed E-state index contributed by atoms with van der Waals surface area (Å²) < 4.78 is 1.16. The Labute approximate surface area is 113 Å². The van der Waals surface area contributed by atoms with Gasteiger partial charge in [0, 0.05) is 17.1 Å². The minimum Gasteiger partial charge on any atom is -0.310 e. The number of hydrogen-bond donors (Lipinski definition) is 1. The highest BCUT2D eigenvalue weighted by Gasteiger charge is 2.16. The van der Waals surface area contributed by atoms with E-state index in [9.17, 15) is 0 Å². The lowest BCUT2D eigenvalue weighted by Crippen LogP contribution is -2.42. The monoisotopic (exact) mass is 296 g/mol. The number of benzene rings is 1. The van der Waals surface area contributed by atoms with Crippen molar-refractivity contribution in [2.75, 3.05) is 19.6 Å². The molecule has 0 spiro atoms. The molecule has 0 aliphatic carbocycles. The average molecular weight is 297 g/mol. The summed E-state index contributed by atoms with van der Waals surface area (Å²) in [6, 6.07) is 9.23. The predicted octanol–water partition coefficient (Wildman–Crippen LogP) is 3.02. The molecule has 1 aliphatic heterocycles. The Kier molecular flexibility index (Phi) is 5.01. The summed E-state index contributed by atoms with van der Waals surface area (Å²) in [5.41, 5.74) is 1.36. The van der Waals surface area contributed by atoms with Crippen LogP contribution in [0.3, 0.4) is 0 Å². The van der Waals surface area contributed by atoms with E-state index in [1.54, 1.807) is 0 Å². The molecule has 1 fully saturated rings. The van der Waals surface area contributed by atoms with E-state index in [1.165, 1.54) is 38.0 Å². The van der Waals surface area contributed by atoms with Crippen molar-refractivity contribution >= 4 is 15.9 Å². The Bertz CT molecular complexity index is 346. The highest BCUT2D eigenvalue weighted by molar-refractivity contribution is 9.10. The average Bonchev–Trinajstić information content (AvgIpc) is 2.37. The smallest absolute Gasteiger partial charge is 0.0208 e. The van der Waals surface area contributed by atoms with Crippen LogP contribution in [0.4, 0.5) is 0 Å². The molecule has 94 valence electrons. The van der Waals surface area contributed by atoms with Crippen LogP contribution in [0, 0.1) is 0 Å². The standard InChI is InChI=1S/C14H21BrN2/c1-2-17-8-6-14(7-9-17)16-11-12-4-3-5-13(15)10-12/h3-5,10,14,16H,2,6-9,11H2,1H3. The van der Waals surface area contributed by atoms with Crippen LogP contribution in [0.1, 0.15) is 25.3 Å². The summed E-state index contributed by atoms with van der Waals surface area (Å²) >= 11 is 3.51. The highest BCUT2D eigenvalue weighted by Crippen LogP contribution is 2.13. The Morgan fingerprint density at radius 3 is 2.76 bits per heavy atom. The summed E-state index contributed by atoms with van der Waals surface area (Å²) in [4.78, 5) is 2.53. The Hall–Kier alpha value is -0.380. The molecule has 0 aromatic heterocycles. The first-order valence-corrected chi connectivity index (χ1v) is 7.27. The van der Waals surface area contributed by atoms with E-state index in [0.717, 1.165) is 11.0 Å². The van der Waals surface area contributed by atoms with E-state index >= 15 is 0 Å². The van der Waals surface area contributed by atoms with Crippen LogP contribution in [0.15, 0.2) is 28.7 Å². The molecule has 2 nitrogen and oxygen atoms in total. The third-order valence-corrected chi connectivity index (χ3v) is 4.01. The van der Waals surface area contributed by atoms with Gasteiger partial charge in [0.05, 0.1) is 0 Å². The van der Waals surface area contributed by atoms with Crippen molar-refractivity contribution in [2.24, 2.45) is 0 Å². The van der Waals surface area contributed by atoms with Gasteiger partial charge in [0.2, 0.25) is 0 Å². The van der Waals surface area contributed by atoms with Gasteiger partial charge in [-0.05, 0) is 50.2 Å². The van der Waals surface area contributed by atoms with Crippen molar-refractivity contribution in [3.63, 3.8) is 0 Å². The molecular formula is C14H21BrN2. The molecule has 1 N–H and O–H groups in total. The quantitative estimate of drug-likeness (QED) is 0.919. The molecule has 0 bridgehead atoms. The zero-order valence-corrected chi connectivity index (χ0v) is 12.0. The fraction of sp³-hybridized carbons (Fsp3) is 0.571. The lowest BCUT2D eigenvalue weighted by Gasteiger charge is -2.31. The molecule has 1 aliphatic rings. The number of nitrogens with zero attached hydrogens (tertiary/aromatic N) is 1. The van der Waals surface area contributed by atoms with Crippen molar-refractivity contribution in [3.8, 4) is 0 Å². The first-order valence-electron chi connectivity index (χ1n) is 6.48. The third-order valence-electron chi connectivity index (χ3n) is 3.52. The van der Waals surface area contributed by atoms with Gasteiger partial charge in [-0.1, -0.05) is 35.0 Å². The predicted molar refractivity (Wildman–Crippen MR) is 76.1 cm³/mol. The topological polar surface area (TPSA) is 15.3 Å². The molecule has 0 unspecified atom stereocenters. The van der Waals surface area contributed by atoms with E-state index in [0.29, 0.717) is 6.04 Å². The normalized spacial score (nSPS) is 18.5. The SMILES string of the molecule is CCN1CCC(NCc2cccc(Br)c2)CC1. The number of nitrogens with one attached hydrogen (secondary N) is 1. The first-order chi connectivity index (χ1) is 8.28. The Morgan fingerprint density at radius 2 is 2.12 bits per heavy atom. The fourth-order valence-corrected chi connectivity index (χ4v) is 2.81. The van der Waals surface area contributed by atoms with Gasteiger partial charge in [-0.15, -0.1) is 0 Å². The minimum absolute atomic E-state index is 0.691. The van der Waals surface area contributed by atoms with Crippen LogP contribution in [-0.4, -0.2) is 30.6 Å². The van der Waals surface area contributed by atoms with Gasteiger partial charge in [-0.25, -0.2) is 0 Å². The zero-order valence-electron chi connectivity index (χ0n) is 10.5. The van der Waals surface area contributed by atoms with Crippen molar-refractivity contribution < 1.29 is 0 Å². The summed E-state index contributed by atoms with van der Waals surface area (Å²) in [5, 5.41) is 3.66. The van der Waals surface area contributed by atoms with E-state index in [4.69, 9.17) is 0 Å². The minimum atomic E-state index is 0.691. The van der Waals surface area contributed by atoms with Gasteiger partial charge in [-0.2, -0.15) is 0 Å². The lowest BCUT2D eigenvalue weighted by molar-refractivity contribution is 0.206. The fourth-order valence-electron chi connectivity index (χ4n) is 2.36. The summed E-state index contributed by atoms with van der Waals surface area (Å²) in [7, 11) is 0. The first kappa shape index (κ1) is 13.1. The number of halogens is 1. The molecule has 0 saturated carbocycles. The molecule has 1 saturated heterocycles. The third kappa shape index (κ3) is 4.09. The van der Waals surface area contributed by atoms with E-state index in [2.05, 4.69) is 57.3 Å². The maximum Gasteiger partial charge on any atom is 0.0208 e. The van der Waals surface area contributed by atoms with Gasteiger partial charge in [-0.3, -0.25) is 0 Å². The summed E-state index contributed by atoms with van der Waals surface area (Å²) in [5.74, 6) is 0. The van der Waals surface area contributed by atoms with Crippen LogP contribution >= 0.6 is 15.9 Å². The van der Waals surface area contributed by atoms with E-state index in [1.807, 2.05) is 0 Å². The summed E-state index contributed by atoms with van der Waals surface area (Å²) in [6.45, 7) is 6.91. The van der Waals surface area contributed by atoms with Gasteiger partial charge in [0.1, 0.15) is 0 Å².